The number of aliphatic hydroxyl groups excluding tert-OH is 1. The largest absolute Gasteiger partial charge is 0.480 e. The topological polar surface area (TPSA) is 111 Å². The standard InChI is InChI=1S/C25H22F5N5O4/c1-4-35(13-37)21(12-36)33-34(3)17-9-16-5-6-32-24(22(16)20(10-17)38-14(2)25(28,29)30)39-23-18(26)7-15(11-31)8-19(23)27/h5-10,13-14,36H,4,12H2,1-3H3/b33-21-. The van der Waals surface area contributed by atoms with Gasteiger partial charge in [0.05, 0.1) is 22.7 Å². The molecule has 0 saturated carbocycles. The number of amidine groups is 1. The molecule has 39 heavy (non-hydrogen) atoms. The van der Waals surface area contributed by atoms with E-state index in [1.807, 2.05) is 0 Å². The Bertz CT molecular complexity index is 1420. The summed E-state index contributed by atoms with van der Waals surface area (Å²) in [5.41, 5.74) is -0.134. The van der Waals surface area contributed by atoms with Crippen LogP contribution in [0.15, 0.2) is 41.6 Å². The number of nitriles is 1. The Morgan fingerprint density at radius 1 is 1.26 bits per heavy atom. The molecule has 0 aliphatic carbocycles. The highest BCUT2D eigenvalue weighted by Crippen LogP contribution is 2.41. The molecule has 1 unspecified atom stereocenters. The normalized spacial score (nSPS) is 12.6. The highest BCUT2D eigenvalue weighted by molar-refractivity contribution is 5.96. The van der Waals surface area contributed by atoms with Crippen molar-refractivity contribution in [1.29, 1.82) is 5.26 Å². The minimum Gasteiger partial charge on any atom is -0.480 e. The highest BCUT2D eigenvalue weighted by Gasteiger charge is 2.38. The first kappa shape index (κ1) is 29.1. The molecule has 0 spiro atoms. The first-order valence-electron chi connectivity index (χ1n) is 11.3. The molecular formula is C25H22F5N5O4. The summed E-state index contributed by atoms with van der Waals surface area (Å²) in [5, 5.41) is 24.0. The highest BCUT2D eigenvalue weighted by atomic mass is 19.4. The molecule has 0 radical (unpaired) electrons. The maximum Gasteiger partial charge on any atom is 0.425 e. The Balaban J connectivity index is 2.20. The molecule has 0 aliphatic rings. The number of benzene rings is 2. The smallest absolute Gasteiger partial charge is 0.425 e. The van der Waals surface area contributed by atoms with Crippen LogP contribution in [0.5, 0.6) is 17.4 Å². The summed E-state index contributed by atoms with van der Waals surface area (Å²) in [6.07, 6.45) is -5.42. The van der Waals surface area contributed by atoms with Crippen molar-refractivity contribution in [3.05, 3.63) is 53.7 Å². The molecule has 14 heteroatoms. The number of alkyl halides is 3. The molecule has 1 amide bonds. The third-order valence-electron chi connectivity index (χ3n) is 5.45. The second kappa shape index (κ2) is 11.9. The van der Waals surface area contributed by atoms with Crippen LogP contribution in [0.3, 0.4) is 0 Å². The van der Waals surface area contributed by atoms with Crippen LogP contribution >= 0.6 is 0 Å². The van der Waals surface area contributed by atoms with E-state index in [4.69, 9.17) is 14.7 Å². The Hall–Kier alpha value is -4.51. The maximum atomic E-state index is 14.5. The zero-order valence-corrected chi connectivity index (χ0v) is 20.8. The maximum absolute atomic E-state index is 14.5. The Morgan fingerprint density at radius 3 is 2.46 bits per heavy atom. The van der Waals surface area contributed by atoms with Crippen molar-refractivity contribution in [1.82, 2.24) is 9.88 Å². The lowest BCUT2D eigenvalue weighted by Crippen LogP contribution is -2.34. The van der Waals surface area contributed by atoms with Gasteiger partial charge in [-0.25, -0.2) is 13.8 Å². The fraction of sp³-hybridized carbons (Fsp3) is 0.280. The summed E-state index contributed by atoms with van der Waals surface area (Å²) >= 11 is 0. The van der Waals surface area contributed by atoms with E-state index in [0.717, 1.165) is 24.0 Å². The number of rotatable bonds is 9. The van der Waals surface area contributed by atoms with E-state index in [2.05, 4.69) is 10.1 Å². The lowest BCUT2D eigenvalue weighted by molar-refractivity contribution is -0.189. The molecule has 0 saturated heterocycles. The van der Waals surface area contributed by atoms with Crippen LogP contribution in [0, 0.1) is 23.0 Å². The van der Waals surface area contributed by atoms with Gasteiger partial charge >= 0.3 is 6.18 Å². The zero-order chi connectivity index (χ0) is 28.9. The van der Waals surface area contributed by atoms with Crippen LogP contribution in [0.2, 0.25) is 0 Å². The van der Waals surface area contributed by atoms with Gasteiger partial charge in [0.2, 0.25) is 18.0 Å². The van der Waals surface area contributed by atoms with Gasteiger partial charge in [0.15, 0.2) is 23.6 Å². The third-order valence-corrected chi connectivity index (χ3v) is 5.45. The molecule has 1 aromatic heterocycles. The van der Waals surface area contributed by atoms with Gasteiger partial charge < -0.3 is 14.6 Å². The number of aliphatic hydroxyl groups is 1. The van der Waals surface area contributed by atoms with Gasteiger partial charge in [-0.3, -0.25) is 14.7 Å². The molecule has 2 aromatic carbocycles. The van der Waals surface area contributed by atoms with Crippen molar-refractivity contribution in [2.24, 2.45) is 5.10 Å². The Morgan fingerprint density at radius 2 is 1.92 bits per heavy atom. The molecule has 3 aromatic rings. The van der Waals surface area contributed by atoms with Crippen LogP contribution in [-0.4, -0.2) is 59.7 Å². The number of ether oxygens (including phenoxy) is 2. The van der Waals surface area contributed by atoms with Gasteiger partial charge in [-0.05, 0) is 43.5 Å². The number of pyridine rings is 1. The minimum atomic E-state index is -4.77. The summed E-state index contributed by atoms with van der Waals surface area (Å²) in [6, 6.07) is 7.08. The van der Waals surface area contributed by atoms with Crippen LogP contribution in [0.1, 0.15) is 19.4 Å². The number of fused-ring (bicyclic) bond motifs is 1. The lowest BCUT2D eigenvalue weighted by atomic mass is 10.1. The first-order valence-corrected chi connectivity index (χ1v) is 11.3. The summed E-state index contributed by atoms with van der Waals surface area (Å²) in [4.78, 5) is 16.3. The van der Waals surface area contributed by atoms with Crippen molar-refractivity contribution in [2.45, 2.75) is 26.1 Å². The van der Waals surface area contributed by atoms with Crippen molar-refractivity contribution in [2.75, 3.05) is 25.2 Å². The summed E-state index contributed by atoms with van der Waals surface area (Å²) < 4.78 is 79.8. The van der Waals surface area contributed by atoms with Gasteiger partial charge in [0.1, 0.15) is 12.4 Å². The predicted octanol–water partition coefficient (Wildman–Crippen LogP) is 4.73. The number of nitrogens with zero attached hydrogens (tertiary/aromatic N) is 5. The van der Waals surface area contributed by atoms with E-state index in [1.54, 1.807) is 13.0 Å². The lowest BCUT2D eigenvalue weighted by Gasteiger charge is -2.23. The fourth-order valence-corrected chi connectivity index (χ4v) is 3.39. The van der Waals surface area contributed by atoms with Gasteiger partial charge in [-0.2, -0.15) is 23.5 Å². The predicted molar refractivity (Wildman–Crippen MR) is 130 cm³/mol. The summed E-state index contributed by atoms with van der Waals surface area (Å²) in [7, 11) is 1.42. The number of aromatic nitrogens is 1. The van der Waals surface area contributed by atoms with E-state index in [0.29, 0.717) is 6.41 Å². The van der Waals surface area contributed by atoms with E-state index in [1.165, 1.54) is 36.5 Å². The second-order valence-electron chi connectivity index (χ2n) is 8.03. The van der Waals surface area contributed by atoms with E-state index in [9.17, 15) is 31.9 Å². The van der Waals surface area contributed by atoms with Crippen LogP contribution in [0.4, 0.5) is 27.6 Å². The number of carbonyl (C=O) groups is 1. The van der Waals surface area contributed by atoms with Gasteiger partial charge in [0, 0.05) is 25.9 Å². The molecule has 0 fully saturated rings. The number of hydrogen-bond donors (Lipinski definition) is 1. The van der Waals surface area contributed by atoms with E-state index >= 15 is 0 Å². The van der Waals surface area contributed by atoms with E-state index in [-0.39, 0.29) is 34.4 Å². The number of hydrazone groups is 1. The molecule has 1 N–H and O–H groups in total. The fourth-order valence-electron chi connectivity index (χ4n) is 3.39. The Kier molecular flexibility index (Phi) is 8.87. The monoisotopic (exact) mass is 551 g/mol. The van der Waals surface area contributed by atoms with Crippen LogP contribution in [0.25, 0.3) is 10.8 Å². The summed E-state index contributed by atoms with van der Waals surface area (Å²) in [6.45, 7) is 2.00. The van der Waals surface area contributed by atoms with E-state index < -0.39 is 47.9 Å². The minimum absolute atomic E-state index is 0.0354. The van der Waals surface area contributed by atoms with Gasteiger partial charge in [-0.1, -0.05) is 0 Å². The molecule has 9 nitrogen and oxygen atoms in total. The molecule has 3 rings (SSSR count). The van der Waals surface area contributed by atoms with Crippen molar-refractivity contribution in [3.8, 4) is 23.4 Å². The number of carbonyl (C=O) groups excluding carboxylic acids is 1. The van der Waals surface area contributed by atoms with Crippen molar-refractivity contribution in [3.63, 3.8) is 0 Å². The number of halogens is 5. The molecular weight excluding hydrogens is 529 g/mol. The molecule has 206 valence electrons. The average molecular weight is 551 g/mol. The molecule has 0 bridgehead atoms. The van der Waals surface area contributed by atoms with Gasteiger partial charge in [-0.15, -0.1) is 0 Å². The average Bonchev–Trinajstić information content (AvgIpc) is 2.89. The second-order valence-corrected chi connectivity index (χ2v) is 8.03. The zero-order valence-electron chi connectivity index (χ0n) is 20.8. The number of amides is 1. The SMILES string of the molecule is CCN(C=O)/C(CO)=N\N(C)c1cc(OC(C)C(F)(F)F)c2c(Oc3c(F)cc(C#N)cc3F)nccc2c1. The number of anilines is 1. The number of likely N-dealkylation sites (N-methyl/N-ethyl adjacent to an activating group) is 1. The van der Waals surface area contributed by atoms with Gasteiger partial charge in [0.25, 0.3) is 0 Å². The van der Waals surface area contributed by atoms with Crippen LogP contribution < -0.4 is 14.5 Å². The third kappa shape index (κ3) is 6.50. The molecule has 1 heterocycles. The first-order chi connectivity index (χ1) is 18.4. The molecule has 0 aliphatic heterocycles. The molecule has 1 atom stereocenters. The summed E-state index contributed by atoms with van der Waals surface area (Å²) in [5.74, 6) is -4.28. The van der Waals surface area contributed by atoms with Crippen molar-refractivity contribution >= 4 is 28.7 Å². The Labute approximate surface area is 219 Å². The van der Waals surface area contributed by atoms with Crippen LogP contribution in [-0.2, 0) is 4.79 Å². The van der Waals surface area contributed by atoms with Crippen molar-refractivity contribution < 1.29 is 41.3 Å². The quantitative estimate of drug-likeness (QED) is 0.135. The number of hydrogen-bond acceptors (Lipinski definition) is 8.